The van der Waals surface area contributed by atoms with Crippen LogP contribution in [0, 0.1) is 0 Å². The van der Waals surface area contributed by atoms with E-state index in [4.69, 9.17) is 5.11 Å². The summed E-state index contributed by atoms with van der Waals surface area (Å²) in [6.45, 7) is 4.13. The van der Waals surface area contributed by atoms with Crippen LogP contribution in [-0.4, -0.2) is 35.0 Å². The minimum Gasteiger partial charge on any atom is -0.478 e. The van der Waals surface area contributed by atoms with Crippen LogP contribution in [0.4, 0.5) is 0 Å². The summed E-state index contributed by atoms with van der Waals surface area (Å²) in [4.78, 5) is 24.6. The van der Waals surface area contributed by atoms with Gasteiger partial charge in [-0.2, -0.15) is 0 Å². The third-order valence-corrected chi connectivity index (χ3v) is 3.09. The molecule has 4 heteroatoms. The fourth-order valence-electron chi connectivity index (χ4n) is 2.13. The first-order valence-electron chi connectivity index (χ1n) is 5.88. The van der Waals surface area contributed by atoms with E-state index in [1.807, 2.05) is 18.2 Å². The molecule has 0 radical (unpaired) electrons. The Balaban J connectivity index is 2.23. The molecule has 0 fully saturated rings. The summed E-state index contributed by atoms with van der Waals surface area (Å²) in [5.41, 5.74) is 1.75. The smallest absolute Gasteiger partial charge is 0.332 e. The summed E-state index contributed by atoms with van der Waals surface area (Å²) in [5.74, 6) is -1.16. The maximum Gasteiger partial charge on any atom is 0.332 e. The van der Waals surface area contributed by atoms with Crippen molar-refractivity contribution in [3.05, 3.63) is 47.5 Å². The average Bonchev–Trinajstić information content (AvgIpc) is 2.51. The standard InChI is InChI=1S/C14H15NO3/c1-10(14(17)18)9-15-8-4-6-11-5-2-3-7-12(11)13(15)16/h2-3,5,7H,1,4,6,8-9H2,(H,17,18). The largest absolute Gasteiger partial charge is 0.478 e. The SMILES string of the molecule is C=C(CN1CCCc2ccccc2C1=O)C(=O)O. The third kappa shape index (κ3) is 2.42. The predicted octanol–water partition coefficient (Wildman–Crippen LogP) is 1.72. The molecule has 0 saturated carbocycles. The van der Waals surface area contributed by atoms with Gasteiger partial charge in [-0.25, -0.2) is 4.79 Å². The van der Waals surface area contributed by atoms with Crippen molar-refractivity contribution in [1.29, 1.82) is 0 Å². The van der Waals surface area contributed by atoms with E-state index < -0.39 is 5.97 Å². The quantitative estimate of drug-likeness (QED) is 0.825. The first-order valence-corrected chi connectivity index (χ1v) is 5.88. The predicted molar refractivity (Wildman–Crippen MR) is 67.4 cm³/mol. The van der Waals surface area contributed by atoms with Crippen LogP contribution < -0.4 is 0 Å². The van der Waals surface area contributed by atoms with Gasteiger partial charge < -0.3 is 10.0 Å². The number of rotatable bonds is 3. The van der Waals surface area contributed by atoms with Gasteiger partial charge in [0, 0.05) is 17.7 Å². The lowest BCUT2D eigenvalue weighted by atomic mass is 10.0. The number of aryl methyl sites for hydroxylation is 1. The Morgan fingerprint density at radius 1 is 1.39 bits per heavy atom. The lowest BCUT2D eigenvalue weighted by Crippen LogP contribution is -2.34. The van der Waals surface area contributed by atoms with Gasteiger partial charge in [-0.05, 0) is 24.5 Å². The van der Waals surface area contributed by atoms with E-state index in [1.165, 1.54) is 0 Å². The molecular weight excluding hydrogens is 230 g/mol. The molecule has 94 valence electrons. The molecule has 1 aromatic rings. The number of hydrogen-bond donors (Lipinski definition) is 1. The number of amides is 1. The van der Waals surface area contributed by atoms with Crippen LogP contribution in [0.2, 0.25) is 0 Å². The van der Waals surface area contributed by atoms with Crippen LogP contribution in [0.3, 0.4) is 0 Å². The second-order valence-corrected chi connectivity index (χ2v) is 4.40. The van der Waals surface area contributed by atoms with E-state index in [1.54, 1.807) is 11.0 Å². The Morgan fingerprint density at radius 2 is 2.11 bits per heavy atom. The molecule has 0 spiro atoms. The maximum absolute atomic E-state index is 12.3. The highest BCUT2D eigenvalue weighted by Gasteiger charge is 2.23. The van der Waals surface area contributed by atoms with Gasteiger partial charge in [0.05, 0.1) is 6.54 Å². The molecule has 0 atom stereocenters. The molecule has 0 bridgehead atoms. The summed E-state index contributed by atoms with van der Waals surface area (Å²) in [5, 5.41) is 8.83. The van der Waals surface area contributed by atoms with Gasteiger partial charge in [0.25, 0.3) is 5.91 Å². The number of carboxylic acid groups (broad SMARTS) is 1. The van der Waals surface area contributed by atoms with Crippen molar-refractivity contribution in [2.75, 3.05) is 13.1 Å². The molecule has 2 rings (SSSR count). The van der Waals surface area contributed by atoms with Gasteiger partial charge in [-0.1, -0.05) is 24.8 Å². The van der Waals surface area contributed by atoms with Crippen LogP contribution in [0.5, 0.6) is 0 Å². The van der Waals surface area contributed by atoms with E-state index in [9.17, 15) is 9.59 Å². The van der Waals surface area contributed by atoms with Crippen LogP contribution >= 0.6 is 0 Å². The molecule has 1 heterocycles. The first kappa shape index (κ1) is 12.4. The highest BCUT2D eigenvalue weighted by atomic mass is 16.4. The molecule has 1 amide bonds. The molecular formula is C14H15NO3. The lowest BCUT2D eigenvalue weighted by Gasteiger charge is -2.20. The van der Waals surface area contributed by atoms with Gasteiger partial charge in [0.1, 0.15) is 0 Å². The number of carbonyl (C=O) groups excluding carboxylic acids is 1. The molecule has 1 N–H and O–H groups in total. The zero-order chi connectivity index (χ0) is 13.1. The van der Waals surface area contributed by atoms with Crippen molar-refractivity contribution in [3.8, 4) is 0 Å². The van der Waals surface area contributed by atoms with Crippen LogP contribution in [0.15, 0.2) is 36.4 Å². The topological polar surface area (TPSA) is 57.6 Å². The fraction of sp³-hybridized carbons (Fsp3) is 0.286. The van der Waals surface area contributed by atoms with Gasteiger partial charge in [-0.15, -0.1) is 0 Å². The summed E-state index contributed by atoms with van der Waals surface area (Å²) in [6, 6.07) is 7.48. The number of aliphatic carboxylic acids is 1. The van der Waals surface area contributed by atoms with E-state index in [0.29, 0.717) is 12.1 Å². The fourth-order valence-corrected chi connectivity index (χ4v) is 2.13. The second-order valence-electron chi connectivity index (χ2n) is 4.40. The van der Waals surface area contributed by atoms with E-state index in [-0.39, 0.29) is 18.0 Å². The van der Waals surface area contributed by atoms with Gasteiger partial charge in [0.15, 0.2) is 0 Å². The third-order valence-electron chi connectivity index (χ3n) is 3.09. The second kappa shape index (κ2) is 5.04. The summed E-state index contributed by atoms with van der Waals surface area (Å²) < 4.78 is 0. The number of carboxylic acids is 1. The van der Waals surface area contributed by atoms with Gasteiger partial charge >= 0.3 is 5.97 Å². The molecule has 0 saturated heterocycles. The molecule has 0 aliphatic carbocycles. The van der Waals surface area contributed by atoms with Crippen LogP contribution in [0.25, 0.3) is 0 Å². The Morgan fingerprint density at radius 3 is 2.83 bits per heavy atom. The van der Waals surface area contributed by atoms with Crippen molar-refractivity contribution in [2.45, 2.75) is 12.8 Å². The summed E-state index contributed by atoms with van der Waals surface area (Å²) in [7, 11) is 0. The molecule has 0 unspecified atom stereocenters. The van der Waals surface area contributed by atoms with Gasteiger partial charge in [0.2, 0.25) is 0 Å². The Hall–Kier alpha value is -2.10. The van der Waals surface area contributed by atoms with Crippen molar-refractivity contribution in [1.82, 2.24) is 4.90 Å². The number of hydrogen-bond acceptors (Lipinski definition) is 2. The molecule has 0 aromatic heterocycles. The van der Waals surface area contributed by atoms with E-state index in [0.717, 1.165) is 18.4 Å². The van der Waals surface area contributed by atoms with Crippen molar-refractivity contribution >= 4 is 11.9 Å². The highest BCUT2D eigenvalue weighted by Crippen LogP contribution is 2.19. The van der Waals surface area contributed by atoms with Crippen molar-refractivity contribution in [2.24, 2.45) is 0 Å². The monoisotopic (exact) mass is 245 g/mol. The van der Waals surface area contributed by atoms with Crippen LogP contribution in [0.1, 0.15) is 22.3 Å². The number of carbonyl (C=O) groups is 2. The highest BCUT2D eigenvalue weighted by molar-refractivity contribution is 5.97. The summed E-state index contributed by atoms with van der Waals surface area (Å²) in [6.07, 6.45) is 1.69. The van der Waals surface area contributed by atoms with E-state index >= 15 is 0 Å². The Bertz CT molecular complexity index is 508. The van der Waals surface area contributed by atoms with Crippen molar-refractivity contribution < 1.29 is 14.7 Å². The number of fused-ring (bicyclic) bond motifs is 1. The van der Waals surface area contributed by atoms with Gasteiger partial charge in [-0.3, -0.25) is 4.79 Å². The molecule has 1 aromatic carbocycles. The average molecular weight is 245 g/mol. The Kier molecular flexibility index (Phi) is 3.46. The normalized spacial score (nSPS) is 14.9. The molecule has 1 aliphatic rings. The van der Waals surface area contributed by atoms with Crippen LogP contribution in [-0.2, 0) is 11.2 Å². The zero-order valence-corrected chi connectivity index (χ0v) is 10.1. The maximum atomic E-state index is 12.3. The molecule has 18 heavy (non-hydrogen) atoms. The lowest BCUT2D eigenvalue weighted by molar-refractivity contribution is -0.132. The minimum atomic E-state index is -1.06. The zero-order valence-electron chi connectivity index (χ0n) is 10.1. The number of benzene rings is 1. The Labute approximate surface area is 106 Å². The van der Waals surface area contributed by atoms with E-state index in [2.05, 4.69) is 6.58 Å². The minimum absolute atomic E-state index is 0.0442. The molecule has 1 aliphatic heterocycles. The summed E-state index contributed by atoms with van der Waals surface area (Å²) >= 11 is 0. The van der Waals surface area contributed by atoms with Crippen molar-refractivity contribution in [3.63, 3.8) is 0 Å². The number of nitrogens with zero attached hydrogens (tertiary/aromatic N) is 1. The molecule has 4 nitrogen and oxygen atoms in total. The first-order chi connectivity index (χ1) is 8.59.